The SMILES string of the molecule is CC(C)(C)OC(=O)NC(C=O)c1ccc(F)cc1F. The molecule has 19 heavy (non-hydrogen) atoms. The van der Waals surface area contributed by atoms with Gasteiger partial charge in [0.05, 0.1) is 0 Å². The van der Waals surface area contributed by atoms with Crippen molar-refractivity contribution in [2.45, 2.75) is 32.4 Å². The van der Waals surface area contributed by atoms with Gasteiger partial charge in [-0.2, -0.15) is 0 Å². The summed E-state index contributed by atoms with van der Waals surface area (Å²) in [6.07, 6.45) is -0.506. The van der Waals surface area contributed by atoms with Crippen LogP contribution in [0.15, 0.2) is 18.2 Å². The van der Waals surface area contributed by atoms with E-state index < -0.39 is 29.4 Å². The average Bonchev–Trinajstić information content (AvgIpc) is 2.24. The molecule has 0 saturated heterocycles. The lowest BCUT2D eigenvalue weighted by molar-refractivity contribution is -0.109. The third kappa shape index (κ3) is 4.65. The van der Waals surface area contributed by atoms with E-state index in [0.717, 1.165) is 12.1 Å². The number of ether oxygens (including phenoxy) is 1. The Morgan fingerprint density at radius 2 is 2.00 bits per heavy atom. The van der Waals surface area contributed by atoms with Crippen LogP contribution in [0.25, 0.3) is 0 Å². The maximum atomic E-state index is 13.5. The monoisotopic (exact) mass is 271 g/mol. The van der Waals surface area contributed by atoms with Crippen molar-refractivity contribution >= 4 is 12.4 Å². The standard InChI is InChI=1S/C13H15F2NO3/c1-13(2,3)19-12(18)16-11(7-17)9-5-4-8(14)6-10(9)15/h4-7,11H,1-3H3,(H,16,18). The summed E-state index contributed by atoms with van der Waals surface area (Å²) in [7, 11) is 0. The Labute approximate surface area is 109 Å². The molecule has 0 bridgehead atoms. The predicted octanol–water partition coefficient (Wildman–Crippen LogP) is 2.73. The molecule has 1 aromatic carbocycles. The lowest BCUT2D eigenvalue weighted by atomic mass is 10.1. The first kappa shape index (κ1) is 15.1. The largest absolute Gasteiger partial charge is 0.444 e. The molecule has 0 aliphatic carbocycles. The van der Waals surface area contributed by atoms with Crippen molar-refractivity contribution in [3.63, 3.8) is 0 Å². The highest BCUT2D eigenvalue weighted by molar-refractivity contribution is 5.74. The summed E-state index contributed by atoms with van der Waals surface area (Å²) >= 11 is 0. The Kier molecular flexibility index (Phi) is 4.58. The van der Waals surface area contributed by atoms with E-state index in [1.165, 1.54) is 0 Å². The average molecular weight is 271 g/mol. The summed E-state index contributed by atoms with van der Waals surface area (Å²) in [5, 5.41) is 2.21. The molecule has 0 heterocycles. The minimum Gasteiger partial charge on any atom is -0.444 e. The van der Waals surface area contributed by atoms with Crippen LogP contribution in [0.2, 0.25) is 0 Å². The van der Waals surface area contributed by atoms with Crippen LogP contribution in [0.3, 0.4) is 0 Å². The zero-order chi connectivity index (χ0) is 14.6. The molecule has 104 valence electrons. The molecule has 1 rings (SSSR count). The Hall–Kier alpha value is -1.98. The first-order chi connectivity index (χ1) is 8.73. The van der Waals surface area contributed by atoms with Gasteiger partial charge in [-0.1, -0.05) is 6.07 Å². The summed E-state index contributed by atoms with van der Waals surface area (Å²) in [6, 6.07) is 1.52. The number of rotatable bonds is 3. The van der Waals surface area contributed by atoms with Crippen LogP contribution in [0.5, 0.6) is 0 Å². The normalized spacial score (nSPS) is 12.7. The summed E-state index contributed by atoms with van der Waals surface area (Å²) < 4.78 is 31.2. The summed E-state index contributed by atoms with van der Waals surface area (Å²) in [5.74, 6) is -1.67. The lowest BCUT2D eigenvalue weighted by Gasteiger charge is -2.21. The van der Waals surface area contributed by atoms with E-state index in [1.807, 2.05) is 0 Å². The zero-order valence-electron chi connectivity index (χ0n) is 10.9. The molecule has 1 unspecified atom stereocenters. The van der Waals surface area contributed by atoms with Gasteiger partial charge in [0.15, 0.2) is 0 Å². The fourth-order valence-corrected chi connectivity index (χ4v) is 1.37. The van der Waals surface area contributed by atoms with Crippen LogP contribution in [0.4, 0.5) is 13.6 Å². The molecule has 0 aromatic heterocycles. The fourth-order valence-electron chi connectivity index (χ4n) is 1.37. The summed E-state index contributed by atoms with van der Waals surface area (Å²) in [6.45, 7) is 4.96. The topological polar surface area (TPSA) is 55.4 Å². The first-order valence-corrected chi connectivity index (χ1v) is 5.62. The molecule has 4 nitrogen and oxygen atoms in total. The van der Waals surface area contributed by atoms with Gasteiger partial charge < -0.3 is 14.8 Å². The molecule has 1 N–H and O–H groups in total. The summed E-state index contributed by atoms with van der Waals surface area (Å²) in [4.78, 5) is 22.4. The minimum atomic E-state index is -1.23. The Balaban J connectivity index is 2.84. The van der Waals surface area contributed by atoms with Crippen LogP contribution >= 0.6 is 0 Å². The van der Waals surface area contributed by atoms with Crippen molar-refractivity contribution in [2.75, 3.05) is 0 Å². The molecule has 0 fully saturated rings. The Morgan fingerprint density at radius 1 is 1.37 bits per heavy atom. The van der Waals surface area contributed by atoms with Crippen LogP contribution in [0, 0.1) is 11.6 Å². The molecular weight excluding hydrogens is 256 g/mol. The van der Waals surface area contributed by atoms with Gasteiger partial charge in [-0.3, -0.25) is 0 Å². The Morgan fingerprint density at radius 3 is 2.47 bits per heavy atom. The van der Waals surface area contributed by atoms with Crippen LogP contribution in [-0.4, -0.2) is 18.0 Å². The van der Waals surface area contributed by atoms with Gasteiger partial charge in [-0.25, -0.2) is 13.6 Å². The van der Waals surface area contributed by atoms with Gasteiger partial charge >= 0.3 is 6.09 Å². The number of carbonyl (C=O) groups excluding carboxylic acids is 2. The predicted molar refractivity (Wildman–Crippen MR) is 64.5 cm³/mol. The smallest absolute Gasteiger partial charge is 0.408 e. The first-order valence-electron chi connectivity index (χ1n) is 5.62. The van der Waals surface area contributed by atoms with Gasteiger partial charge in [0, 0.05) is 11.6 Å². The molecule has 0 saturated carbocycles. The third-order valence-corrected chi connectivity index (χ3v) is 2.11. The van der Waals surface area contributed by atoms with E-state index in [-0.39, 0.29) is 5.56 Å². The van der Waals surface area contributed by atoms with Crippen molar-refractivity contribution in [2.24, 2.45) is 0 Å². The lowest BCUT2D eigenvalue weighted by Crippen LogP contribution is -2.35. The maximum absolute atomic E-state index is 13.5. The van der Waals surface area contributed by atoms with Gasteiger partial charge in [0.2, 0.25) is 0 Å². The highest BCUT2D eigenvalue weighted by Crippen LogP contribution is 2.17. The second kappa shape index (κ2) is 5.77. The number of halogens is 2. The van der Waals surface area contributed by atoms with Crippen molar-refractivity contribution in [3.05, 3.63) is 35.4 Å². The van der Waals surface area contributed by atoms with Crippen LogP contribution in [-0.2, 0) is 9.53 Å². The number of alkyl carbamates (subject to hydrolysis) is 1. The van der Waals surface area contributed by atoms with Crippen LogP contribution < -0.4 is 5.32 Å². The van der Waals surface area contributed by atoms with E-state index in [9.17, 15) is 18.4 Å². The molecule has 0 aliphatic heterocycles. The van der Waals surface area contributed by atoms with E-state index in [1.54, 1.807) is 20.8 Å². The zero-order valence-corrected chi connectivity index (χ0v) is 10.9. The van der Waals surface area contributed by atoms with Gasteiger partial charge in [0.25, 0.3) is 0 Å². The molecule has 6 heteroatoms. The van der Waals surface area contributed by atoms with E-state index in [0.29, 0.717) is 12.4 Å². The maximum Gasteiger partial charge on any atom is 0.408 e. The van der Waals surface area contributed by atoms with Crippen molar-refractivity contribution in [1.29, 1.82) is 0 Å². The summed E-state index contributed by atoms with van der Waals surface area (Å²) in [5.41, 5.74) is -0.860. The highest BCUT2D eigenvalue weighted by atomic mass is 19.1. The number of hydrogen-bond donors (Lipinski definition) is 1. The fraction of sp³-hybridized carbons (Fsp3) is 0.385. The molecule has 1 atom stereocenters. The Bertz CT molecular complexity index is 483. The molecule has 0 radical (unpaired) electrons. The number of carbonyl (C=O) groups is 2. The van der Waals surface area contributed by atoms with Gasteiger partial charge in [-0.15, -0.1) is 0 Å². The highest BCUT2D eigenvalue weighted by Gasteiger charge is 2.22. The molecule has 0 spiro atoms. The number of amides is 1. The van der Waals surface area contributed by atoms with E-state index in [2.05, 4.69) is 5.32 Å². The number of benzene rings is 1. The second-order valence-corrected chi connectivity index (χ2v) is 4.93. The molecule has 1 aromatic rings. The van der Waals surface area contributed by atoms with Crippen LogP contribution in [0.1, 0.15) is 32.4 Å². The minimum absolute atomic E-state index is 0.123. The number of aldehydes is 1. The number of hydrogen-bond acceptors (Lipinski definition) is 3. The quantitative estimate of drug-likeness (QED) is 0.860. The van der Waals surface area contributed by atoms with Gasteiger partial charge in [0.1, 0.15) is 29.6 Å². The van der Waals surface area contributed by atoms with Gasteiger partial charge in [-0.05, 0) is 26.8 Å². The third-order valence-electron chi connectivity index (χ3n) is 2.11. The van der Waals surface area contributed by atoms with E-state index in [4.69, 9.17) is 4.74 Å². The number of nitrogens with one attached hydrogen (secondary N) is 1. The van der Waals surface area contributed by atoms with Crippen molar-refractivity contribution in [3.8, 4) is 0 Å². The molecule has 1 amide bonds. The second-order valence-electron chi connectivity index (χ2n) is 4.93. The van der Waals surface area contributed by atoms with Crippen molar-refractivity contribution < 1.29 is 23.1 Å². The molecule has 0 aliphatic rings. The molecular formula is C13H15F2NO3. The van der Waals surface area contributed by atoms with E-state index >= 15 is 0 Å². The van der Waals surface area contributed by atoms with Crippen molar-refractivity contribution in [1.82, 2.24) is 5.32 Å².